The highest BCUT2D eigenvalue weighted by atomic mass is 16.5. The minimum Gasteiger partial charge on any atom is -0.496 e. The molecule has 2 heterocycles. The number of methoxy groups -OCH3 is 1. The first-order valence-corrected chi connectivity index (χ1v) is 11.8. The van der Waals surface area contributed by atoms with Crippen molar-refractivity contribution in [3.63, 3.8) is 0 Å². The second-order valence-corrected chi connectivity index (χ2v) is 8.01. The van der Waals surface area contributed by atoms with Gasteiger partial charge in [-0.15, -0.1) is 15.3 Å². The number of hydrogen-bond acceptors (Lipinski definition) is 7. The van der Waals surface area contributed by atoms with Crippen molar-refractivity contribution in [3.05, 3.63) is 91.0 Å². The van der Waals surface area contributed by atoms with Crippen molar-refractivity contribution in [2.45, 2.75) is 0 Å². The van der Waals surface area contributed by atoms with Gasteiger partial charge in [0.05, 0.1) is 19.2 Å². The SMILES string of the molecule is COc1ccccc1-c1nnc2ccc(OCCNC(=O)COc3ccccc3-c3ccccc3)nn12. The maximum Gasteiger partial charge on any atom is 0.258 e. The van der Waals surface area contributed by atoms with Crippen LogP contribution in [0.15, 0.2) is 91.0 Å². The standard InChI is InChI=1S/C28H25N5O4/c1-35-23-13-7-6-12-22(23)28-31-30-25-15-16-27(32-33(25)28)36-18-17-29-26(34)19-37-24-14-8-5-11-21(24)20-9-3-2-4-10-20/h2-16H,17-19H2,1H3,(H,29,34). The minimum atomic E-state index is -0.243. The molecular formula is C28H25N5O4. The third kappa shape index (κ3) is 5.51. The van der Waals surface area contributed by atoms with Crippen molar-refractivity contribution < 1.29 is 19.0 Å². The molecule has 0 spiro atoms. The van der Waals surface area contributed by atoms with Crippen LogP contribution in [0.2, 0.25) is 0 Å². The third-order valence-electron chi connectivity index (χ3n) is 5.59. The van der Waals surface area contributed by atoms with Crippen molar-refractivity contribution >= 4 is 11.6 Å². The Bertz CT molecular complexity index is 1500. The molecule has 0 aliphatic rings. The maximum atomic E-state index is 12.3. The van der Waals surface area contributed by atoms with E-state index in [2.05, 4.69) is 20.6 Å². The zero-order valence-electron chi connectivity index (χ0n) is 20.2. The van der Waals surface area contributed by atoms with Crippen molar-refractivity contribution in [2.24, 2.45) is 0 Å². The predicted molar refractivity (Wildman–Crippen MR) is 139 cm³/mol. The lowest BCUT2D eigenvalue weighted by molar-refractivity contribution is -0.123. The number of fused-ring (bicyclic) bond motifs is 1. The van der Waals surface area contributed by atoms with Gasteiger partial charge in [0, 0.05) is 11.6 Å². The average Bonchev–Trinajstić information content (AvgIpc) is 3.38. The van der Waals surface area contributed by atoms with Crippen molar-refractivity contribution in [1.29, 1.82) is 0 Å². The Hall–Kier alpha value is -4.92. The number of para-hydroxylation sites is 2. The van der Waals surface area contributed by atoms with Gasteiger partial charge in [0.1, 0.15) is 18.1 Å². The van der Waals surface area contributed by atoms with Gasteiger partial charge in [-0.05, 0) is 29.8 Å². The molecule has 0 bridgehead atoms. The first kappa shape index (κ1) is 23.8. The molecular weight excluding hydrogens is 470 g/mol. The first-order valence-electron chi connectivity index (χ1n) is 11.8. The van der Waals surface area contributed by atoms with Gasteiger partial charge in [0.25, 0.3) is 5.91 Å². The number of carbonyl (C=O) groups is 1. The van der Waals surface area contributed by atoms with Crippen LogP contribution in [0.4, 0.5) is 0 Å². The Balaban J connectivity index is 1.15. The largest absolute Gasteiger partial charge is 0.496 e. The molecule has 186 valence electrons. The molecule has 0 fully saturated rings. The van der Waals surface area contributed by atoms with E-state index < -0.39 is 0 Å². The molecule has 0 unspecified atom stereocenters. The highest BCUT2D eigenvalue weighted by Crippen LogP contribution is 2.30. The topological polar surface area (TPSA) is 99.9 Å². The Morgan fingerprint density at radius 2 is 1.54 bits per heavy atom. The molecule has 37 heavy (non-hydrogen) atoms. The van der Waals surface area contributed by atoms with E-state index in [-0.39, 0.29) is 19.1 Å². The molecule has 3 aromatic carbocycles. The lowest BCUT2D eigenvalue weighted by Gasteiger charge is -2.12. The highest BCUT2D eigenvalue weighted by Gasteiger charge is 2.14. The number of nitrogens with one attached hydrogen (secondary N) is 1. The number of carbonyl (C=O) groups excluding carboxylic acids is 1. The summed E-state index contributed by atoms with van der Waals surface area (Å²) in [6, 6.07) is 28.5. The third-order valence-corrected chi connectivity index (χ3v) is 5.59. The monoisotopic (exact) mass is 495 g/mol. The molecule has 5 aromatic rings. The number of benzene rings is 3. The summed E-state index contributed by atoms with van der Waals surface area (Å²) in [5.74, 6) is 2.00. The van der Waals surface area contributed by atoms with Crippen LogP contribution in [0.1, 0.15) is 0 Å². The molecule has 0 saturated carbocycles. The van der Waals surface area contributed by atoms with Crippen LogP contribution in [0, 0.1) is 0 Å². The number of rotatable bonds is 10. The molecule has 0 radical (unpaired) electrons. The van der Waals surface area contributed by atoms with Crippen LogP contribution in [0.5, 0.6) is 17.4 Å². The molecule has 2 aromatic heterocycles. The van der Waals surface area contributed by atoms with Crippen LogP contribution in [0.25, 0.3) is 28.2 Å². The Labute approximate surface area is 213 Å². The molecule has 9 nitrogen and oxygen atoms in total. The fourth-order valence-electron chi connectivity index (χ4n) is 3.84. The number of amides is 1. The highest BCUT2D eigenvalue weighted by molar-refractivity contribution is 5.78. The number of aromatic nitrogens is 4. The Morgan fingerprint density at radius 1 is 0.811 bits per heavy atom. The van der Waals surface area contributed by atoms with E-state index in [0.717, 1.165) is 16.7 Å². The smallest absolute Gasteiger partial charge is 0.258 e. The van der Waals surface area contributed by atoms with Crippen LogP contribution >= 0.6 is 0 Å². The van der Waals surface area contributed by atoms with Crippen LogP contribution in [-0.4, -0.2) is 52.6 Å². The molecule has 0 saturated heterocycles. The minimum absolute atomic E-state index is 0.100. The van der Waals surface area contributed by atoms with E-state index in [1.165, 1.54) is 0 Å². The van der Waals surface area contributed by atoms with Gasteiger partial charge >= 0.3 is 0 Å². The molecule has 0 aliphatic heterocycles. The fourth-order valence-corrected chi connectivity index (χ4v) is 3.84. The van der Waals surface area contributed by atoms with Gasteiger partial charge in [-0.25, -0.2) is 0 Å². The second-order valence-electron chi connectivity index (χ2n) is 8.01. The average molecular weight is 496 g/mol. The van der Waals surface area contributed by atoms with E-state index in [1.807, 2.05) is 78.9 Å². The van der Waals surface area contributed by atoms with Gasteiger partial charge < -0.3 is 19.5 Å². The Kier molecular flexibility index (Phi) is 7.21. The van der Waals surface area contributed by atoms with Gasteiger partial charge in [0.2, 0.25) is 5.88 Å². The number of hydrogen-bond donors (Lipinski definition) is 1. The summed E-state index contributed by atoms with van der Waals surface area (Å²) in [6.07, 6.45) is 0. The summed E-state index contributed by atoms with van der Waals surface area (Å²) in [4.78, 5) is 12.3. The summed E-state index contributed by atoms with van der Waals surface area (Å²) < 4.78 is 18.6. The van der Waals surface area contributed by atoms with E-state index in [4.69, 9.17) is 14.2 Å². The molecule has 1 N–H and O–H groups in total. The summed E-state index contributed by atoms with van der Waals surface area (Å²) in [5, 5.41) is 15.7. The molecule has 1 amide bonds. The van der Waals surface area contributed by atoms with Crippen molar-refractivity contribution in [3.8, 4) is 39.9 Å². The van der Waals surface area contributed by atoms with Gasteiger partial charge in [-0.2, -0.15) is 4.52 Å². The zero-order valence-corrected chi connectivity index (χ0v) is 20.2. The predicted octanol–water partition coefficient (Wildman–Crippen LogP) is 4.04. The Morgan fingerprint density at radius 3 is 2.35 bits per heavy atom. The molecule has 0 aliphatic carbocycles. The zero-order chi connectivity index (χ0) is 25.5. The lowest BCUT2D eigenvalue weighted by atomic mass is 10.1. The fraction of sp³-hybridized carbons (Fsp3) is 0.143. The molecule has 0 atom stereocenters. The summed E-state index contributed by atoms with van der Waals surface area (Å²) in [5.41, 5.74) is 3.30. The van der Waals surface area contributed by atoms with Crippen LogP contribution < -0.4 is 19.5 Å². The normalized spacial score (nSPS) is 10.7. The van der Waals surface area contributed by atoms with Gasteiger partial charge in [-0.3, -0.25) is 4.79 Å². The van der Waals surface area contributed by atoms with Crippen molar-refractivity contribution in [2.75, 3.05) is 26.9 Å². The maximum absolute atomic E-state index is 12.3. The first-order chi connectivity index (χ1) is 18.2. The van der Waals surface area contributed by atoms with Crippen molar-refractivity contribution in [1.82, 2.24) is 25.1 Å². The number of ether oxygens (including phenoxy) is 3. The summed E-state index contributed by atoms with van der Waals surface area (Å²) in [6.45, 7) is 0.428. The number of nitrogens with zero attached hydrogens (tertiary/aromatic N) is 4. The van der Waals surface area contributed by atoms with Gasteiger partial charge in [0.15, 0.2) is 18.1 Å². The van der Waals surface area contributed by atoms with E-state index in [1.54, 1.807) is 23.8 Å². The van der Waals surface area contributed by atoms with E-state index in [0.29, 0.717) is 35.4 Å². The lowest BCUT2D eigenvalue weighted by Crippen LogP contribution is -2.32. The van der Waals surface area contributed by atoms with E-state index >= 15 is 0 Å². The van der Waals surface area contributed by atoms with Crippen LogP contribution in [0.3, 0.4) is 0 Å². The quantitative estimate of drug-likeness (QED) is 0.292. The molecule has 5 rings (SSSR count). The second kappa shape index (κ2) is 11.2. The molecule has 9 heteroatoms. The van der Waals surface area contributed by atoms with E-state index in [9.17, 15) is 4.79 Å². The van der Waals surface area contributed by atoms with Gasteiger partial charge in [-0.1, -0.05) is 60.7 Å². The van der Waals surface area contributed by atoms with Crippen LogP contribution in [-0.2, 0) is 4.79 Å². The summed E-state index contributed by atoms with van der Waals surface area (Å²) in [7, 11) is 1.60. The summed E-state index contributed by atoms with van der Waals surface area (Å²) >= 11 is 0.